The summed E-state index contributed by atoms with van der Waals surface area (Å²) in [7, 11) is 0. The van der Waals surface area contributed by atoms with Crippen LogP contribution in [0, 0.1) is 11.8 Å². The van der Waals surface area contributed by atoms with Crippen LogP contribution in [0.2, 0.25) is 0 Å². The molecule has 0 radical (unpaired) electrons. The zero-order chi connectivity index (χ0) is 13.8. The summed E-state index contributed by atoms with van der Waals surface area (Å²) < 4.78 is 0. The molecule has 1 amide bonds. The minimum Gasteiger partial charge on any atom is -0.508 e. The van der Waals surface area contributed by atoms with Crippen molar-refractivity contribution in [2.24, 2.45) is 11.8 Å². The third kappa shape index (κ3) is 3.72. The molecule has 2 N–H and O–H groups in total. The van der Waals surface area contributed by atoms with Gasteiger partial charge < -0.3 is 10.4 Å². The van der Waals surface area contributed by atoms with Gasteiger partial charge in [-0.25, -0.2) is 0 Å². The quantitative estimate of drug-likeness (QED) is 0.879. The molecule has 0 aromatic heterocycles. The molecule has 0 aliphatic heterocycles. The maximum atomic E-state index is 12.1. The summed E-state index contributed by atoms with van der Waals surface area (Å²) in [5, 5.41) is 12.5. The zero-order valence-corrected chi connectivity index (χ0v) is 11.7. The largest absolute Gasteiger partial charge is 0.508 e. The number of carbonyl (C=O) groups excluding carboxylic acids is 1. The van der Waals surface area contributed by atoms with Gasteiger partial charge in [-0.1, -0.05) is 38.8 Å². The molecule has 0 saturated heterocycles. The van der Waals surface area contributed by atoms with Gasteiger partial charge in [0.25, 0.3) is 0 Å². The lowest BCUT2D eigenvalue weighted by atomic mass is 9.78. The van der Waals surface area contributed by atoms with Gasteiger partial charge in [-0.15, -0.1) is 0 Å². The van der Waals surface area contributed by atoms with Crippen molar-refractivity contribution in [3.63, 3.8) is 0 Å². The van der Waals surface area contributed by atoms with E-state index in [1.807, 2.05) is 6.07 Å². The van der Waals surface area contributed by atoms with E-state index in [4.69, 9.17) is 0 Å². The van der Waals surface area contributed by atoms with Gasteiger partial charge in [0, 0.05) is 6.04 Å². The molecule has 0 bridgehead atoms. The Labute approximate surface area is 115 Å². The van der Waals surface area contributed by atoms with E-state index in [2.05, 4.69) is 19.2 Å². The number of benzene rings is 1. The van der Waals surface area contributed by atoms with Crippen LogP contribution in [-0.2, 0) is 11.2 Å². The van der Waals surface area contributed by atoms with Gasteiger partial charge in [0.05, 0.1) is 6.42 Å². The van der Waals surface area contributed by atoms with Crippen LogP contribution in [0.1, 0.15) is 38.7 Å². The molecule has 3 heteroatoms. The first kappa shape index (κ1) is 13.9. The normalized spacial score (nSPS) is 26.9. The van der Waals surface area contributed by atoms with Gasteiger partial charge in [0.15, 0.2) is 0 Å². The van der Waals surface area contributed by atoms with E-state index >= 15 is 0 Å². The molecular formula is C16H23NO2. The van der Waals surface area contributed by atoms with Crippen LogP contribution >= 0.6 is 0 Å². The van der Waals surface area contributed by atoms with Gasteiger partial charge in [-0.2, -0.15) is 0 Å². The Morgan fingerprint density at radius 1 is 1.37 bits per heavy atom. The van der Waals surface area contributed by atoms with E-state index in [9.17, 15) is 9.90 Å². The number of hydrogen-bond donors (Lipinski definition) is 2. The molecule has 1 aliphatic carbocycles. The van der Waals surface area contributed by atoms with Gasteiger partial charge in [-0.05, 0) is 36.0 Å². The third-order valence-electron chi connectivity index (χ3n) is 4.33. The second-order valence-corrected chi connectivity index (χ2v) is 5.79. The predicted molar refractivity (Wildman–Crippen MR) is 75.9 cm³/mol. The Balaban J connectivity index is 1.90. The number of rotatable bonds is 3. The summed E-state index contributed by atoms with van der Waals surface area (Å²) >= 11 is 0. The molecule has 19 heavy (non-hydrogen) atoms. The van der Waals surface area contributed by atoms with Crippen LogP contribution in [0.4, 0.5) is 0 Å². The van der Waals surface area contributed by atoms with Crippen molar-refractivity contribution in [1.82, 2.24) is 5.32 Å². The fourth-order valence-electron chi connectivity index (χ4n) is 2.90. The number of phenolic OH excluding ortho intramolecular Hbond substituents is 1. The minimum atomic E-state index is 0.0524. The fraction of sp³-hybridized carbons (Fsp3) is 0.562. The fourth-order valence-corrected chi connectivity index (χ4v) is 2.90. The summed E-state index contributed by atoms with van der Waals surface area (Å²) in [4.78, 5) is 12.1. The lowest BCUT2D eigenvalue weighted by molar-refractivity contribution is -0.121. The Bertz CT molecular complexity index is 444. The smallest absolute Gasteiger partial charge is 0.224 e. The number of phenols is 1. The summed E-state index contributed by atoms with van der Waals surface area (Å²) in [6.07, 6.45) is 3.88. The van der Waals surface area contributed by atoms with E-state index < -0.39 is 0 Å². The van der Waals surface area contributed by atoms with E-state index in [1.54, 1.807) is 18.2 Å². The Hall–Kier alpha value is -1.51. The monoisotopic (exact) mass is 261 g/mol. The highest BCUT2D eigenvalue weighted by Crippen LogP contribution is 2.29. The van der Waals surface area contributed by atoms with Crippen LogP contribution in [0.15, 0.2) is 24.3 Å². The van der Waals surface area contributed by atoms with Crippen LogP contribution in [0.3, 0.4) is 0 Å². The molecule has 0 spiro atoms. The highest BCUT2D eigenvalue weighted by molar-refractivity contribution is 5.79. The van der Waals surface area contributed by atoms with Crippen molar-refractivity contribution in [2.45, 2.75) is 45.6 Å². The van der Waals surface area contributed by atoms with Crippen LogP contribution < -0.4 is 5.32 Å². The second kappa shape index (κ2) is 6.09. The Morgan fingerprint density at radius 3 is 2.89 bits per heavy atom. The second-order valence-electron chi connectivity index (χ2n) is 5.79. The molecule has 1 aliphatic rings. The molecular weight excluding hydrogens is 238 g/mol. The maximum Gasteiger partial charge on any atom is 0.224 e. The minimum absolute atomic E-state index is 0.0524. The average molecular weight is 261 g/mol. The zero-order valence-electron chi connectivity index (χ0n) is 11.7. The first-order valence-electron chi connectivity index (χ1n) is 7.13. The van der Waals surface area contributed by atoms with Crippen molar-refractivity contribution in [2.75, 3.05) is 0 Å². The molecule has 104 valence electrons. The summed E-state index contributed by atoms with van der Waals surface area (Å²) in [5.41, 5.74) is 0.856. The molecule has 2 rings (SSSR count). The standard InChI is InChI=1S/C16H23NO2/c1-11-5-3-8-15(12(11)2)17-16(19)10-13-6-4-7-14(18)9-13/h4,6-7,9,11-12,15,18H,3,5,8,10H2,1-2H3,(H,17,19). The lowest BCUT2D eigenvalue weighted by Crippen LogP contribution is -2.44. The molecule has 1 saturated carbocycles. The van der Waals surface area contributed by atoms with Crippen LogP contribution in [0.25, 0.3) is 0 Å². The van der Waals surface area contributed by atoms with Crippen LogP contribution in [-0.4, -0.2) is 17.1 Å². The SMILES string of the molecule is CC1CCCC(NC(=O)Cc2cccc(O)c2)C1C. The van der Waals surface area contributed by atoms with E-state index in [-0.39, 0.29) is 11.7 Å². The molecule has 3 unspecified atom stereocenters. The molecule has 3 nitrogen and oxygen atoms in total. The first-order valence-corrected chi connectivity index (χ1v) is 7.13. The summed E-state index contributed by atoms with van der Waals surface area (Å²) in [5.74, 6) is 1.49. The van der Waals surface area contributed by atoms with Crippen molar-refractivity contribution < 1.29 is 9.90 Å². The molecule has 0 heterocycles. The van der Waals surface area contributed by atoms with Gasteiger partial charge in [0.2, 0.25) is 5.91 Å². The van der Waals surface area contributed by atoms with Crippen molar-refractivity contribution >= 4 is 5.91 Å². The number of nitrogens with one attached hydrogen (secondary N) is 1. The van der Waals surface area contributed by atoms with Gasteiger partial charge in [0.1, 0.15) is 5.75 Å². The molecule has 1 fully saturated rings. The predicted octanol–water partition coefficient (Wildman–Crippen LogP) is 2.88. The van der Waals surface area contributed by atoms with Crippen LogP contribution in [0.5, 0.6) is 5.75 Å². The van der Waals surface area contributed by atoms with Gasteiger partial charge >= 0.3 is 0 Å². The van der Waals surface area contributed by atoms with Crippen molar-refractivity contribution in [3.05, 3.63) is 29.8 Å². The van der Waals surface area contributed by atoms with E-state index in [0.717, 1.165) is 12.0 Å². The number of carbonyl (C=O) groups is 1. The first-order chi connectivity index (χ1) is 9.06. The van der Waals surface area contributed by atoms with E-state index in [0.29, 0.717) is 24.3 Å². The third-order valence-corrected chi connectivity index (χ3v) is 4.33. The lowest BCUT2D eigenvalue weighted by Gasteiger charge is -2.34. The van der Waals surface area contributed by atoms with Gasteiger partial charge in [-0.3, -0.25) is 4.79 Å². The number of aromatic hydroxyl groups is 1. The highest BCUT2D eigenvalue weighted by Gasteiger charge is 2.27. The Morgan fingerprint density at radius 2 is 2.16 bits per heavy atom. The van der Waals surface area contributed by atoms with Crippen molar-refractivity contribution in [1.29, 1.82) is 0 Å². The molecule has 1 aromatic rings. The topological polar surface area (TPSA) is 49.3 Å². The summed E-state index contributed by atoms with van der Waals surface area (Å²) in [6.45, 7) is 4.49. The average Bonchev–Trinajstić information content (AvgIpc) is 2.35. The maximum absolute atomic E-state index is 12.1. The number of amides is 1. The highest BCUT2D eigenvalue weighted by atomic mass is 16.3. The Kier molecular flexibility index (Phi) is 4.46. The van der Waals surface area contributed by atoms with Crippen molar-refractivity contribution in [3.8, 4) is 5.75 Å². The molecule has 3 atom stereocenters. The molecule has 1 aromatic carbocycles. The number of hydrogen-bond acceptors (Lipinski definition) is 2. The summed E-state index contributed by atoms with van der Waals surface area (Å²) in [6, 6.07) is 7.20. The van der Waals surface area contributed by atoms with E-state index in [1.165, 1.54) is 12.8 Å².